The third kappa shape index (κ3) is 4.92. The molecule has 176 valence electrons. The number of benzene rings is 1. The molecular formula is C25H30N8O. The normalized spacial score (nSPS) is 21.0. The average Bonchev–Trinajstić information content (AvgIpc) is 3.27. The van der Waals surface area contributed by atoms with Crippen molar-refractivity contribution in [2.24, 2.45) is 5.73 Å². The van der Waals surface area contributed by atoms with Crippen LogP contribution in [0.3, 0.4) is 0 Å². The zero-order valence-electron chi connectivity index (χ0n) is 19.9. The molecule has 0 spiro atoms. The van der Waals surface area contributed by atoms with Crippen LogP contribution < -0.4 is 16.4 Å². The summed E-state index contributed by atoms with van der Waals surface area (Å²) in [6, 6.07) is 8.69. The van der Waals surface area contributed by atoms with Gasteiger partial charge in [0.1, 0.15) is 0 Å². The van der Waals surface area contributed by atoms with E-state index in [-0.39, 0.29) is 0 Å². The lowest BCUT2D eigenvalue weighted by Crippen LogP contribution is -2.43. The predicted molar refractivity (Wildman–Crippen MR) is 131 cm³/mol. The molecule has 9 nitrogen and oxygen atoms in total. The Morgan fingerprint density at radius 1 is 1.29 bits per heavy atom. The van der Waals surface area contributed by atoms with Gasteiger partial charge in [-0.05, 0) is 63.8 Å². The van der Waals surface area contributed by atoms with Crippen molar-refractivity contribution in [2.45, 2.75) is 64.6 Å². The maximum atomic E-state index is 11.8. The van der Waals surface area contributed by atoms with E-state index in [1.165, 1.54) is 0 Å². The minimum Gasteiger partial charge on any atom is -0.366 e. The molecule has 1 aliphatic rings. The van der Waals surface area contributed by atoms with Crippen LogP contribution in [0, 0.1) is 18.3 Å². The number of rotatable bonds is 6. The highest BCUT2D eigenvalue weighted by Crippen LogP contribution is 2.29. The fourth-order valence-electron chi connectivity index (χ4n) is 4.64. The molecule has 2 aromatic heterocycles. The number of hydrogen-bond donors (Lipinski definition) is 3. The summed E-state index contributed by atoms with van der Waals surface area (Å²) in [6.45, 7) is 8.07. The van der Waals surface area contributed by atoms with Gasteiger partial charge in [-0.25, -0.2) is 9.97 Å². The molecule has 2 unspecified atom stereocenters. The molecule has 9 heteroatoms. The number of hydrogen-bond acceptors (Lipinski definition) is 7. The number of nitrogens with two attached hydrogens (primary N) is 1. The number of carbonyl (C=O) groups excluding carboxylic acids is 1. The van der Waals surface area contributed by atoms with Crippen molar-refractivity contribution in [2.75, 3.05) is 5.32 Å². The monoisotopic (exact) mass is 458 g/mol. The number of nitriles is 1. The van der Waals surface area contributed by atoms with Gasteiger partial charge >= 0.3 is 0 Å². The summed E-state index contributed by atoms with van der Waals surface area (Å²) >= 11 is 0. The van der Waals surface area contributed by atoms with Gasteiger partial charge < -0.3 is 16.4 Å². The number of nitrogens with zero attached hydrogens (tertiary/aromatic N) is 5. The van der Waals surface area contributed by atoms with Crippen LogP contribution in [0.1, 0.15) is 67.1 Å². The minimum atomic E-state index is -0.556. The lowest BCUT2D eigenvalue weighted by Gasteiger charge is -2.32. The SMILES string of the molecule is Cc1cnc(Nc2cnn(C3CC(C)NC(C)C3)c2)nc1-c1ccc(C(N)=O)c([C@H](C)C#N)c1. The first-order chi connectivity index (χ1) is 16.2. The van der Waals surface area contributed by atoms with E-state index in [1.54, 1.807) is 31.5 Å². The van der Waals surface area contributed by atoms with Gasteiger partial charge in [-0.3, -0.25) is 9.48 Å². The van der Waals surface area contributed by atoms with Crippen molar-refractivity contribution in [1.82, 2.24) is 25.1 Å². The largest absolute Gasteiger partial charge is 0.366 e. The van der Waals surface area contributed by atoms with Gasteiger partial charge in [0.05, 0.1) is 35.6 Å². The highest BCUT2D eigenvalue weighted by molar-refractivity contribution is 5.95. The van der Waals surface area contributed by atoms with Crippen molar-refractivity contribution >= 4 is 17.5 Å². The molecule has 4 rings (SSSR count). The third-order valence-corrected chi connectivity index (χ3v) is 6.27. The van der Waals surface area contributed by atoms with Gasteiger partial charge in [-0.2, -0.15) is 10.4 Å². The van der Waals surface area contributed by atoms with E-state index in [0.29, 0.717) is 40.9 Å². The fraction of sp³-hybridized carbons (Fsp3) is 0.400. The Morgan fingerprint density at radius 2 is 2.03 bits per heavy atom. The summed E-state index contributed by atoms with van der Waals surface area (Å²) in [4.78, 5) is 21.0. The Morgan fingerprint density at radius 3 is 2.71 bits per heavy atom. The molecule has 34 heavy (non-hydrogen) atoms. The molecule has 1 saturated heterocycles. The zero-order valence-corrected chi connectivity index (χ0v) is 19.9. The highest BCUT2D eigenvalue weighted by atomic mass is 16.1. The first-order valence-electron chi connectivity index (χ1n) is 11.5. The maximum absolute atomic E-state index is 11.8. The second kappa shape index (κ2) is 9.61. The van der Waals surface area contributed by atoms with Crippen LogP contribution in [0.25, 0.3) is 11.3 Å². The van der Waals surface area contributed by atoms with Gasteiger partial charge in [0.15, 0.2) is 0 Å². The molecule has 0 aliphatic carbocycles. The van der Waals surface area contributed by atoms with Gasteiger partial charge in [-0.15, -0.1) is 0 Å². The molecule has 3 heterocycles. The topological polar surface area (TPSA) is 135 Å². The van der Waals surface area contributed by atoms with E-state index in [0.717, 1.165) is 29.7 Å². The van der Waals surface area contributed by atoms with Gasteiger partial charge in [-0.1, -0.05) is 6.07 Å². The number of amides is 1. The first-order valence-corrected chi connectivity index (χ1v) is 11.5. The van der Waals surface area contributed by atoms with E-state index in [9.17, 15) is 10.1 Å². The molecule has 1 amide bonds. The number of aromatic nitrogens is 4. The summed E-state index contributed by atoms with van der Waals surface area (Å²) < 4.78 is 2.02. The van der Waals surface area contributed by atoms with Crippen LogP contribution in [0.15, 0.2) is 36.8 Å². The van der Waals surface area contributed by atoms with Crippen molar-refractivity contribution < 1.29 is 4.79 Å². The van der Waals surface area contributed by atoms with E-state index in [1.807, 2.05) is 23.9 Å². The number of primary amides is 1. The average molecular weight is 459 g/mol. The van der Waals surface area contributed by atoms with Gasteiger partial charge in [0.25, 0.3) is 0 Å². The van der Waals surface area contributed by atoms with E-state index < -0.39 is 11.8 Å². The summed E-state index contributed by atoms with van der Waals surface area (Å²) in [6.07, 6.45) is 7.59. The molecular weight excluding hydrogens is 428 g/mol. The Balaban J connectivity index is 1.60. The van der Waals surface area contributed by atoms with Crippen molar-refractivity contribution in [1.29, 1.82) is 5.26 Å². The van der Waals surface area contributed by atoms with Crippen molar-refractivity contribution in [3.05, 3.63) is 53.5 Å². The maximum Gasteiger partial charge on any atom is 0.249 e. The van der Waals surface area contributed by atoms with Crippen LogP contribution in [0.2, 0.25) is 0 Å². The number of piperidine rings is 1. The smallest absolute Gasteiger partial charge is 0.249 e. The molecule has 1 aromatic carbocycles. The van der Waals surface area contributed by atoms with Crippen LogP contribution >= 0.6 is 0 Å². The number of anilines is 2. The third-order valence-electron chi connectivity index (χ3n) is 6.27. The number of nitrogens with one attached hydrogen (secondary N) is 2. The molecule has 3 aromatic rings. The van der Waals surface area contributed by atoms with E-state index in [2.05, 4.69) is 40.6 Å². The second-order valence-corrected chi connectivity index (χ2v) is 9.17. The highest BCUT2D eigenvalue weighted by Gasteiger charge is 2.25. The Labute approximate surface area is 199 Å². The fourth-order valence-corrected chi connectivity index (χ4v) is 4.64. The number of aryl methyl sites for hydroxylation is 1. The van der Waals surface area contributed by atoms with Gasteiger partial charge in [0, 0.05) is 35.6 Å². The molecule has 1 fully saturated rings. The number of carbonyl (C=O) groups is 1. The molecule has 1 aliphatic heterocycles. The van der Waals surface area contributed by atoms with Crippen molar-refractivity contribution in [3.8, 4) is 17.3 Å². The van der Waals surface area contributed by atoms with Crippen LogP contribution in [0.4, 0.5) is 11.6 Å². The molecule has 0 radical (unpaired) electrons. The van der Waals surface area contributed by atoms with E-state index >= 15 is 0 Å². The lowest BCUT2D eigenvalue weighted by atomic mass is 9.93. The Kier molecular flexibility index (Phi) is 6.61. The van der Waals surface area contributed by atoms with Crippen LogP contribution in [-0.2, 0) is 0 Å². The Bertz CT molecular complexity index is 1230. The second-order valence-electron chi connectivity index (χ2n) is 9.17. The summed E-state index contributed by atoms with van der Waals surface area (Å²) in [7, 11) is 0. The van der Waals surface area contributed by atoms with Crippen LogP contribution in [-0.4, -0.2) is 37.7 Å². The quantitative estimate of drug-likeness (QED) is 0.511. The zero-order chi connectivity index (χ0) is 24.4. The summed E-state index contributed by atoms with van der Waals surface area (Å²) in [5.74, 6) is -0.588. The first kappa shape index (κ1) is 23.4. The summed E-state index contributed by atoms with van der Waals surface area (Å²) in [5, 5.41) is 20.8. The lowest BCUT2D eigenvalue weighted by molar-refractivity contribution is 0.0999. The molecule has 0 bridgehead atoms. The van der Waals surface area contributed by atoms with Crippen molar-refractivity contribution in [3.63, 3.8) is 0 Å². The predicted octanol–water partition coefficient (Wildman–Crippen LogP) is 3.82. The Hall–Kier alpha value is -3.77. The minimum absolute atomic E-state index is 0.344. The van der Waals surface area contributed by atoms with E-state index in [4.69, 9.17) is 10.7 Å². The molecule has 4 N–H and O–H groups in total. The van der Waals surface area contributed by atoms with Crippen LogP contribution in [0.5, 0.6) is 0 Å². The standard InChI is InChI=1S/C25H30N8O/c1-14(10-26)22-9-18(5-6-21(22)24(27)34)23-15(2)11-28-25(32-23)31-19-12-29-33(13-19)20-7-16(3)30-17(4)8-20/h5-6,9,11-14,16-17,20,30H,7-8H2,1-4H3,(H2,27,34)(H,28,31,32)/t14-,16?,17?,20?/m1/s1. The molecule has 0 saturated carbocycles. The van der Waals surface area contributed by atoms with Gasteiger partial charge in [0.2, 0.25) is 11.9 Å². The summed E-state index contributed by atoms with van der Waals surface area (Å²) in [5.41, 5.74) is 9.64. The molecule has 3 atom stereocenters.